The first kappa shape index (κ1) is 69.8. The highest BCUT2D eigenvalue weighted by atomic mass is 19.2. The Bertz CT molecular complexity index is 2580. The summed E-state index contributed by atoms with van der Waals surface area (Å²) in [5, 5.41) is 17.4. The Morgan fingerprint density at radius 1 is 0.512 bits per heavy atom. The van der Waals surface area contributed by atoms with Gasteiger partial charge in [-0.05, 0) is 41.5 Å². The van der Waals surface area contributed by atoms with Gasteiger partial charge >= 0.3 is 48.5 Å². The number of halogens is 10. The van der Waals surface area contributed by atoms with Gasteiger partial charge in [0.1, 0.15) is 74.5 Å². The molecule has 2 aliphatic rings. The lowest BCUT2D eigenvalue weighted by Crippen LogP contribution is -2.45. The van der Waals surface area contributed by atoms with E-state index in [4.69, 9.17) is 41.6 Å². The molecule has 2 aromatic carbocycles. The van der Waals surface area contributed by atoms with E-state index in [1.807, 2.05) is 0 Å². The van der Waals surface area contributed by atoms with E-state index in [0.29, 0.717) is 13.0 Å². The lowest BCUT2D eigenvalue weighted by Gasteiger charge is -2.29. The fraction of sp³-hybridized carbons (Fsp3) is 0.500. The van der Waals surface area contributed by atoms with Crippen LogP contribution in [0.5, 0.6) is 11.5 Å². The van der Waals surface area contributed by atoms with Crippen molar-refractivity contribution in [2.45, 2.75) is 54.4 Å². The Morgan fingerprint density at radius 3 is 1.21 bits per heavy atom. The molecule has 22 nitrogen and oxygen atoms in total. The van der Waals surface area contributed by atoms with Gasteiger partial charge in [0, 0.05) is 12.8 Å². The molecule has 0 radical (unpaired) electrons. The molecule has 2 aliphatic heterocycles. The third-order valence-electron chi connectivity index (χ3n) is 9.88. The zero-order chi connectivity index (χ0) is 61.3. The van der Waals surface area contributed by atoms with Crippen LogP contribution in [0.15, 0.2) is 0 Å². The molecule has 2 saturated heterocycles. The van der Waals surface area contributed by atoms with Gasteiger partial charge in [-0.25, -0.2) is 45.5 Å². The van der Waals surface area contributed by atoms with Crippen LogP contribution >= 0.6 is 0 Å². The predicted molar refractivity (Wildman–Crippen MR) is 240 cm³/mol. The number of cyclic esters (lactones) is 4. The smallest absolute Gasteiger partial charge is 0.465 e. The molecule has 2 heterocycles. The number of rotatable bonds is 18. The fourth-order valence-electron chi connectivity index (χ4n) is 4.99. The van der Waals surface area contributed by atoms with Gasteiger partial charge in [-0.2, -0.15) is 17.6 Å². The van der Waals surface area contributed by atoms with E-state index in [2.05, 4.69) is 45.0 Å². The van der Waals surface area contributed by atoms with Crippen LogP contribution in [0.2, 0.25) is 0 Å². The Balaban J connectivity index is 0.000000658. The fourth-order valence-corrected chi connectivity index (χ4v) is 4.99. The topological polar surface area (TPSA) is 288 Å². The first-order valence-electron chi connectivity index (χ1n) is 22.4. The van der Waals surface area contributed by atoms with Crippen molar-refractivity contribution < 1.29 is 149 Å². The van der Waals surface area contributed by atoms with Crippen LogP contribution in [0.4, 0.5) is 63.1 Å². The number of carbonyl (C=O) groups excluding carboxylic acids is 8. The molecule has 4 rings (SSSR count). The molecule has 0 aromatic heterocycles. The lowest BCUT2D eigenvalue weighted by atomic mass is 9.92. The van der Waals surface area contributed by atoms with Crippen molar-refractivity contribution in [3.05, 3.63) is 58.2 Å². The number of hydrogen-bond donors (Lipinski definition) is 2. The highest BCUT2D eigenvalue weighted by molar-refractivity contribution is 5.81. The molecule has 2 aromatic rings. The predicted octanol–water partition coefficient (Wildman–Crippen LogP) is 6.37. The minimum atomic E-state index is -2.51. The Hall–Kier alpha value is -8.26. The maximum Gasteiger partial charge on any atom is 0.508 e. The standard InChI is InChI=1S/C24H25F5O11.C12H7F5O5.C8H12O5.C4H6O/c1-5-7-8-36-21(33)38-11-24(4,12-39-22(34)37-10-23(3,9-30)19(31)35-6-2)20(32)40-18-16(28)14(26)13(25)15(27)17(18)29;1-12(2-20-11(19)21-3-12)10(18)22-9-7(16)5(14)4(13)6(15)8(9)17;1-3-11-6(9)8(2)4-12-7(10)13-5-8;1-2-3-4-5/h1,30H,6-12H2,2-4H3;2-3H2,1H3;3-5H2,1-2H3;1,5H,3-4H2. The Labute approximate surface area is 447 Å². The molecule has 0 amide bonds. The van der Waals surface area contributed by atoms with Crippen LogP contribution in [0.3, 0.4) is 0 Å². The van der Waals surface area contributed by atoms with Crippen molar-refractivity contribution in [1.29, 1.82) is 0 Å². The number of aliphatic hydroxyl groups excluding tert-OH is 2. The lowest BCUT2D eigenvalue weighted by molar-refractivity contribution is -0.165. The van der Waals surface area contributed by atoms with E-state index in [1.165, 1.54) is 13.8 Å². The monoisotopic (exact) mass is 1170 g/mol. The Morgan fingerprint density at radius 2 is 0.863 bits per heavy atom. The average molecular weight is 1170 g/mol. The quantitative estimate of drug-likeness (QED) is 0.0239. The zero-order valence-electron chi connectivity index (χ0n) is 42.9. The minimum absolute atomic E-state index is 0.0117. The zero-order valence-corrected chi connectivity index (χ0v) is 42.9. The van der Waals surface area contributed by atoms with Gasteiger partial charge in [0.25, 0.3) is 0 Å². The van der Waals surface area contributed by atoms with Gasteiger partial charge in [0.05, 0.1) is 26.4 Å². The number of ether oxygens (including phenoxy) is 12. The normalized spacial score (nSPS) is 15.1. The van der Waals surface area contributed by atoms with E-state index in [0.717, 1.165) is 13.8 Å². The van der Waals surface area contributed by atoms with Gasteiger partial charge in [-0.15, -0.1) is 24.7 Å². The van der Waals surface area contributed by atoms with E-state index in [-0.39, 0.29) is 39.5 Å². The summed E-state index contributed by atoms with van der Waals surface area (Å²) < 4.78 is 189. The summed E-state index contributed by atoms with van der Waals surface area (Å²) in [5.74, 6) is -27.5. The second-order valence-corrected chi connectivity index (χ2v) is 16.9. The van der Waals surface area contributed by atoms with E-state index in [1.54, 1.807) is 13.8 Å². The molecule has 0 aliphatic carbocycles. The maximum atomic E-state index is 14.0. The number of hydrogen-bond acceptors (Lipinski definition) is 22. The van der Waals surface area contributed by atoms with E-state index < -0.39 is 179 Å². The molecule has 2 N–H and O–H groups in total. The molecule has 2 unspecified atom stereocenters. The third-order valence-corrected chi connectivity index (χ3v) is 9.88. The second kappa shape index (κ2) is 32.0. The van der Waals surface area contributed by atoms with Crippen molar-refractivity contribution in [3.8, 4) is 36.2 Å². The molecular weight excluding hydrogens is 1120 g/mol. The van der Waals surface area contributed by atoms with Crippen molar-refractivity contribution in [1.82, 2.24) is 0 Å². The van der Waals surface area contributed by atoms with Crippen LogP contribution < -0.4 is 9.47 Å². The Kier molecular flexibility index (Phi) is 27.9. The van der Waals surface area contributed by atoms with Crippen LogP contribution in [0, 0.1) is 105 Å². The summed E-state index contributed by atoms with van der Waals surface area (Å²) in [4.78, 5) is 93.0. The number of terminal acetylenes is 2. The maximum absolute atomic E-state index is 14.0. The third kappa shape index (κ3) is 19.6. The van der Waals surface area contributed by atoms with Gasteiger partial charge in [0.15, 0.2) is 0 Å². The summed E-state index contributed by atoms with van der Waals surface area (Å²) in [6.45, 7) is 3.35. The molecule has 80 heavy (non-hydrogen) atoms. The number of aliphatic hydroxyl groups is 2. The summed E-state index contributed by atoms with van der Waals surface area (Å²) in [6, 6.07) is 0. The summed E-state index contributed by atoms with van der Waals surface area (Å²) in [6.07, 6.45) is 5.46. The highest BCUT2D eigenvalue weighted by Gasteiger charge is 2.45. The van der Waals surface area contributed by atoms with Crippen molar-refractivity contribution in [2.24, 2.45) is 21.7 Å². The molecule has 0 saturated carbocycles. The molecule has 32 heteroatoms. The number of carbonyl (C=O) groups is 8. The SMILES string of the molecule is C#CCCO.C#CCCOC(=O)OCC(C)(COC(=O)OCC(C)(CO)C(=O)OCC)C(=O)Oc1c(F)c(F)c(F)c(F)c1F.CC1(C(=O)Oc2c(F)c(F)c(F)c(F)c2F)COC(=O)OC1.CCOC(=O)C1(C)COC(=O)OC1. The van der Waals surface area contributed by atoms with Gasteiger partial charge in [-0.3, -0.25) is 19.2 Å². The van der Waals surface area contributed by atoms with Crippen LogP contribution in [-0.4, -0.2) is 138 Å². The van der Waals surface area contributed by atoms with Crippen LogP contribution in [0.25, 0.3) is 0 Å². The average Bonchev–Trinajstić information content (AvgIpc) is 3.43. The molecule has 0 spiro atoms. The molecular formula is C48H50F10O22. The van der Waals surface area contributed by atoms with Gasteiger partial charge < -0.3 is 67.1 Å². The number of benzene rings is 2. The van der Waals surface area contributed by atoms with Crippen LogP contribution in [0.1, 0.15) is 54.4 Å². The minimum Gasteiger partial charge on any atom is -0.465 e. The van der Waals surface area contributed by atoms with E-state index >= 15 is 0 Å². The number of esters is 4. The van der Waals surface area contributed by atoms with E-state index in [9.17, 15) is 87.4 Å². The van der Waals surface area contributed by atoms with Crippen LogP contribution in [-0.2, 0) is 66.5 Å². The molecule has 2 atom stereocenters. The first-order valence-corrected chi connectivity index (χ1v) is 22.4. The first-order chi connectivity index (χ1) is 37.3. The van der Waals surface area contributed by atoms with Gasteiger partial charge in [-0.1, -0.05) is 0 Å². The van der Waals surface area contributed by atoms with Crippen molar-refractivity contribution in [2.75, 3.05) is 79.3 Å². The summed E-state index contributed by atoms with van der Waals surface area (Å²) in [5.41, 5.74) is -6.57. The molecule has 2 fully saturated rings. The molecule has 444 valence electrons. The highest BCUT2D eigenvalue weighted by Crippen LogP contribution is 2.34. The largest absolute Gasteiger partial charge is 0.508 e. The summed E-state index contributed by atoms with van der Waals surface area (Å²) >= 11 is 0. The van der Waals surface area contributed by atoms with Crippen molar-refractivity contribution in [3.63, 3.8) is 0 Å². The molecule has 0 bridgehead atoms. The van der Waals surface area contributed by atoms with Crippen molar-refractivity contribution >= 4 is 48.5 Å². The summed E-state index contributed by atoms with van der Waals surface area (Å²) in [7, 11) is 0. The second-order valence-electron chi connectivity index (χ2n) is 16.9. The van der Waals surface area contributed by atoms with Gasteiger partial charge in [0.2, 0.25) is 69.7 Å².